The van der Waals surface area contributed by atoms with E-state index in [4.69, 9.17) is 9.47 Å². The van der Waals surface area contributed by atoms with Gasteiger partial charge in [-0.1, -0.05) is 24.3 Å². The lowest BCUT2D eigenvalue weighted by atomic mass is 9.84. The van der Waals surface area contributed by atoms with E-state index >= 15 is 0 Å². The number of carbonyl (C=O) groups excluding carboxylic acids is 1. The van der Waals surface area contributed by atoms with E-state index in [0.717, 1.165) is 11.1 Å². The fourth-order valence-electron chi connectivity index (χ4n) is 3.02. The molecule has 0 amide bonds. The molecule has 0 unspecified atom stereocenters. The number of ketones is 1. The van der Waals surface area contributed by atoms with Gasteiger partial charge < -0.3 is 14.6 Å². The highest BCUT2D eigenvalue weighted by Crippen LogP contribution is 2.52. The van der Waals surface area contributed by atoms with Crippen LogP contribution in [0.3, 0.4) is 0 Å². The number of Topliss-reactive ketones (excluding diaryl/α,β-unsaturated/α-hetero) is 1. The number of fused-ring (bicyclic) bond motifs is 3. The molecule has 0 saturated heterocycles. The zero-order chi connectivity index (χ0) is 16.1. The number of hydrogen-bond acceptors (Lipinski definition) is 4. The van der Waals surface area contributed by atoms with Gasteiger partial charge in [0.05, 0.1) is 12.7 Å². The first kappa shape index (κ1) is 14.4. The molecule has 114 valence electrons. The standard InChI is InChI=1S/C18H18O4/c1-10(19)15-13(20)9-14(21-4)16-11-7-5-6-8-12(11)18(2,3)22-17(15)16/h5-9,20H,1-4H3. The maximum atomic E-state index is 12.0. The number of phenols is 1. The first-order valence-electron chi connectivity index (χ1n) is 7.10. The number of carbonyl (C=O) groups is 1. The number of benzene rings is 2. The predicted octanol–water partition coefficient (Wildman–Crippen LogP) is 3.90. The van der Waals surface area contributed by atoms with Crippen LogP contribution in [0.15, 0.2) is 30.3 Å². The van der Waals surface area contributed by atoms with E-state index in [1.54, 1.807) is 0 Å². The van der Waals surface area contributed by atoms with Gasteiger partial charge in [0, 0.05) is 11.6 Å². The van der Waals surface area contributed by atoms with Gasteiger partial charge in [0.1, 0.15) is 28.4 Å². The van der Waals surface area contributed by atoms with E-state index in [2.05, 4.69) is 0 Å². The Kier molecular flexibility index (Phi) is 3.13. The van der Waals surface area contributed by atoms with E-state index in [0.29, 0.717) is 17.1 Å². The summed E-state index contributed by atoms with van der Waals surface area (Å²) in [7, 11) is 1.53. The smallest absolute Gasteiger partial charge is 0.167 e. The van der Waals surface area contributed by atoms with Crippen LogP contribution in [-0.4, -0.2) is 18.0 Å². The van der Waals surface area contributed by atoms with E-state index in [1.807, 2.05) is 38.1 Å². The second-order valence-electron chi connectivity index (χ2n) is 5.89. The summed E-state index contributed by atoms with van der Waals surface area (Å²) < 4.78 is 11.5. The molecule has 1 aliphatic rings. The average molecular weight is 298 g/mol. The molecular weight excluding hydrogens is 280 g/mol. The quantitative estimate of drug-likeness (QED) is 0.854. The summed E-state index contributed by atoms with van der Waals surface area (Å²) in [5, 5.41) is 10.2. The minimum atomic E-state index is -0.605. The molecule has 0 aliphatic carbocycles. The summed E-state index contributed by atoms with van der Waals surface area (Å²) in [5.41, 5.74) is 2.26. The molecule has 0 atom stereocenters. The van der Waals surface area contributed by atoms with Gasteiger partial charge in [0.2, 0.25) is 0 Å². The Labute approximate surface area is 129 Å². The molecule has 0 aromatic heterocycles. The normalized spacial score (nSPS) is 14.5. The van der Waals surface area contributed by atoms with E-state index in [1.165, 1.54) is 20.1 Å². The highest BCUT2D eigenvalue weighted by atomic mass is 16.5. The molecule has 0 radical (unpaired) electrons. The summed E-state index contributed by atoms with van der Waals surface area (Å²) in [6, 6.07) is 9.32. The molecule has 2 aromatic carbocycles. The van der Waals surface area contributed by atoms with Crippen molar-refractivity contribution in [3.63, 3.8) is 0 Å². The molecule has 0 bridgehead atoms. The summed E-state index contributed by atoms with van der Waals surface area (Å²) in [6.07, 6.45) is 0. The molecule has 1 aliphatic heterocycles. The van der Waals surface area contributed by atoms with Crippen molar-refractivity contribution < 1.29 is 19.4 Å². The summed E-state index contributed by atoms with van der Waals surface area (Å²) in [6.45, 7) is 5.29. The Balaban J connectivity index is 2.45. The second kappa shape index (κ2) is 4.77. The zero-order valence-electron chi connectivity index (χ0n) is 13.1. The van der Waals surface area contributed by atoms with Crippen LogP contribution in [0.4, 0.5) is 0 Å². The fraction of sp³-hybridized carbons (Fsp3) is 0.278. The van der Waals surface area contributed by atoms with Crippen LogP contribution in [0.5, 0.6) is 17.2 Å². The van der Waals surface area contributed by atoms with Crippen molar-refractivity contribution in [2.75, 3.05) is 7.11 Å². The van der Waals surface area contributed by atoms with Crippen LogP contribution in [-0.2, 0) is 5.60 Å². The molecule has 4 nitrogen and oxygen atoms in total. The minimum absolute atomic E-state index is 0.127. The summed E-state index contributed by atoms with van der Waals surface area (Å²) >= 11 is 0. The number of methoxy groups -OCH3 is 1. The Morgan fingerprint density at radius 2 is 1.95 bits per heavy atom. The van der Waals surface area contributed by atoms with Crippen molar-refractivity contribution in [2.24, 2.45) is 0 Å². The summed E-state index contributed by atoms with van der Waals surface area (Å²) in [5.74, 6) is 0.498. The van der Waals surface area contributed by atoms with Crippen molar-refractivity contribution in [1.82, 2.24) is 0 Å². The highest BCUT2D eigenvalue weighted by Gasteiger charge is 2.37. The number of hydrogen-bond donors (Lipinski definition) is 1. The Hall–Kier alpha value is -2.49. The van der Waals surface area contributed by atoms with Gasteiger partial charge in [0.25, 0.3) is 0 Å². The number of phenolic OH excluding ortho intramolecular Hbond substituents is 1. The molecule has 4 heteroatoms. The van der Waals surface area contributed by atoms with Gasteiger partial charge in [0.15, 0.2) is 5.78 Å². The first-order chi connectivity index (χ1) is 10.4. The van der Waals surface area contributed by atoms with Crippen LogP contribution in [0.1, 0.15) is 36.7 Å². The molecule has 1 heterocycles. The van der Waals surface area contributed by atoms with E-state index in [9.17, 15) is 9.90 Å². The molecule has 2 aromatic rings. The topological polar surface area (TPSA) is 55.8 Å². The van der Waals surface area contributed by atoms with Crippen molar-refractivity contribution in [1.29, 1.82) is 0 Å². The van der Waals surface area contributed by atoms with Crippen molar-refractivity contribution >= 4 is 5.78 Å². The maximum absolute atomic E-state index is 12.0. The fourth-order valence-corrected chi connectivity index (χ4v) is 3.02. The molecular formula is C18H18O4. The second-order valence-corrected chi connectivity index (χ2v) is 5.89. The third kappa shape index (κ3) is 1.95. The van der Waals surface area contributed by atoms with Crippen LogP contribution in [0, 0.1) is 0 Å². The predicted molar refractivity (Wildman–Crippen MR) is 83.8 cm³/mol. The van der Waals surface area contributed by atoms with Crippen LogP contribution >= 0.6 is 0 Å². The lowest BCUT2D eigenvalue weighted by Crippen LogP contribution is -2.30. The lowest BCUT2D eigenvalue weighted by molar-refractivity contribution is 0.0937. The third-order valence-electron chi connectivity index (χ3n) is 4.00. The van der Waals surface area contributed by atoms with Gasteiger partial charge in [-0.15, -0.1) is 0 Å². The Morgan fingerprint density at radius 3 is 2.59 bits per heavy atom. The van der Waals surface area contributed by atoms with Crippen LogP contribution in [0.2, 0.25) is 0 Å². The molecule has 3 rings (SSSR count). The van der Waals surface area contributed by atoms with E-state index in [-0.39, 0.29) is 17.1 Å². The molecule has 0 saturated carbocycles. The van der Waals surface area contributed by atoms with Crippen LogP contribution in [0.25, 0.3) is 11.1 Å². The van der Waals surface area contributed by atoms with Crippen molar-refractivity contribution in [2.45, 2.75) is 26.4 Å². The zero-order valence-corrected chi connectivity index (χ0v) is 13.1. The van der Waals surface area contributed by atoms with Crippen molar-refractivity contribution in [3.8, 4) is 28.4 Å². The molecule has 0 fully saturated rings. The lowest BCUT2D eigenvalue weighted by Gasteiger charge is -2.36. The Bertz CT molecular complexity index is 775. The van der Waals surface area contributed by atoms with Gasteiger partial charge in [-0.25, -0.2) is 0 Å². The highest BCUT2D eigenvalue weighted by molar-refractivity contribution is 6.03. The van der Waals surface area contributed by atoms with Gasteiger partial charge in [-0.2, -0.15) is 0 Å². The number of ether oxygens (including phenoxy) is 2. The molecule has 22 heavy (non-hydrogen) atoms. The Morgan fingerprint density at radius 1 is 1.27 bits per heavy atom. The maximum Gasteiger partial charge on any atom is 0.167 e. The van der Waals surface area contributed by atoms with Gasteiger partial charge in [-0.3, -0.25) is 4.79 Å². The summed E-state index contributed by atoms with van der Waals surface area (Å²) in [4.78, 5) is 12.0. The largest absolute Gasteiger partial charge is 0.507 e. The van der Waals surface area contributed by atoms with Crippen molar-refractivity contribution in [3.05, 3.63) is 41.5 Å². The first-order valence-corrected chi connectivity index (χ1v) is 7.10. The number of aromatic hydroxyl groups is 1. The molecule has 1 N–H and O–H groups in total. The number of rotatable bonds is 2. The van der Waals surface area contributed by atoms with E-state index < -0.39 is 5.60 Å². The monoisotopic (exact) mass is 298 g/mol. The van der Waals surface area contributed by atoms with Gasteiger partial charge in [-0.05, 0) is 26.3 Å². The molecule has 0 spiro atoms. The third-order valence-corrected chi connectivity index (χ3v) is 4.00. The SMILES string of the molecule is COc1cc(O)c(C(C)=O)c2c1-c1ccccc1C(C)(C)O2. The van der Waals surface area contributed by atoms with Crippen LogP contribution < -0.4 is 9.47 Å². The minimum Gasteiger partial charge on any atom is -0.507 e. The van der Waals surface area contributed by atoms with Gasteiger partial charge >= 0.3 is 0 Å². The average Bonchev–Trinajstić information content (AvgIpc) is 2.45.